The van der Waals surface area contributed by atoms with Crippen molar-refractivity contribution < 1.29 is 24.9 Å². The minimum Gasteiger partial charge on any atom is -0.394 e. The number of H-pyrrole nitrogens is 1. The number of aliphatic hydroxyl groups excluding tert-OH is 3. The van der Waals surface area contributed by atoms with Crippen molar-refractivity contribution in [1.82, 2.24) is 30.6 Å². The van der Waals surface area contributed by atoms with E-state index < -0.39 is 37.2 Å². The highest BCUT2D eigenvalue weighted by atomic mass is 16.5. The molecule has 2 aromatic rings. The number of aromatic amines is 1. The lowest BCUT2D eigenvalue weighted by Gasteiger charge is -2.42. The normalized spacial score (nSPS) is 27.6. The molecule has 12 nitrogen and oxygen atoms in total. The summed E-state index contributed by atoms with van der Waals surface area (Å²) in [5.41, 5.74) is 0.932. The number of anilines is 1. The smallest absolute Gasteiger partial charge is 0.220 e. The SMILES string of the molecule is CNCCCC(=O)N[C@@H]1[C@@H](O)[C@H](O)[C@@H](Nc2ncnc3nc[nH]c23)O[C@H]1CO. The second kappa shape index (κ2) is 9.21. The van der Waals surface area contributed by atoms with Crippen LogP contribution in [-0.4, -0.2) is 91.9 Å². The number of rotatable bonds is 8. The molecule has 3 heterocycles. The van der Waals surface area contributed by atoms with Crippen molar-refractivity contribution in [3.63, 3.8) is 0 Å². The van der Waals surface area contributed by atoms with Gasteiger partial charge < -0.3 is 41.0 Å². The Morgan fingerprint density at radius 1 is 1.29 bits per heavy atom. The predicted molar refractivity (Wildman–Crippen MR) is 98.2 cm³/mol. The molecule has 1 amide bonds. The zero-order valence-corrected chi connectivity index (χ0v) is 15.4. The number of hydrogen-bond acceptors (Lipinski definition) is 10. The fraction of sp³-hybridized carbons (Fsp3) is 0.625. The lowest BCUT2D eigenvalue weighted by atomic mass is 9.95. The number of aromatic nitrogens is 4. The summed E-state index contributed by atoms with van der Waals surface area (Å²) in [6.45, 7) is 0.225. The largest absolute Gasteiger partial charge is 0.394 e. The van der Waals surface area contributed by atoms with Crippen LogP contribution >= 0.6 is 0 Å². The van der Waals surface area contributed by atoms with Gasteiger partial charge in [-0.1, -0.05) is 0 Å². The van der Waals surface area contributed by atoms with E-state index in [4.69, 9.17) is 4.74 Å². The highest BCUT2D eigenvalue weighted by Gasteiger charge is 2.45. The van der Waals surface area contributed by atoms with Crippen molar-refractivity contribution in [3.8, 4) is 0 Å². The first kappa shape index (κ1) is 20.4. The lowest BCUT2D eigenvalue weighted by Crippen LogP contribution is -2.65. The second-order valence-corrected chi connectivity index (χ2v) is 6.53. The highest BCUT2D eigenvalue weighted by Crippen LogP contribution is 2.24. The van der Waals surface area contributed by atoms with Crippen LogP contribution in [0.15, 0.2) is 12.7 Å². The molecule has 1 aliphatic rings. The number of imidazole rings is 1. The minimum atomic E-state index is -1.38. The van der Waals surface area contributed by atoms with Gasteiger partial charge in [0, 0.05) is 6.42 Å². The molecular weight excluding hydrogens is 370 g/mol. The van der Waals surface area contributed by atoms with E-state index in [1.54, 1.807) is 7.05 Å². The number of amides is 1. The molecule has 1 saturated heterocycles. The Morgan fingerprint density at radius 3 is 2.86 bits per heavy atom. The summed E-state index contributed by atoms with van der Waals surface area (Å²) in [6.07, 6.45) is -1.08. The number of nitrogens with zero attached hydrogens (tertiary/aromatic N) is 3. The van der Waals surface area contributed by atoms with Gasteiger partial charge in [-0.2, -0.15) is 0 Å². The van der Waals surface area contributed by atoms with Gasteiger partial charge in [0.1, 0.15) is 30.2 Å². The molecule has 0 spiro atoms. The molecule has 5 atom stereocenters. The standard InChI is InChI=1S/C16H25N7O5/c1-17-4-2-3-9(25)22-10-8(5-24)28-16(13(27)12(10)26)23-15-11-14(19-6-18-11)20-7-21-15/h6-8,10,12-13,16-17,24,26-27H,2-5H2,1H3,(H,22,25)(H2,18,19,20,21,23)/t8-,10-,12+,13-,16-/m0/s1. The van der Waals surface area contributed by atoms with E-state index >= 15 is 0 Å². The van der Waals surface area contributed by atoms with Crippen LogP contribution in [0.5, 0.6) is 0 Å². The van der Waals surface area contributed by atoms with E-state index in [0.717, 1.165) is 0 Å². The van der Waals surface area contributed by atoms with Crippen molar-refractivity contribution in [3.05, 3.63) is 12.7 Å². The highest BCUT2D eigenvalue weighted by molar-refractivity contribution is 5.82. The molecule has 0 radical (unpaired) electrons. The average Bonchev–Trinajstić information content (AvgIpc) is 3.17. The Labute approximate surface area is 160 Å². The van der Waals surface area contributed by atoms with Crippen molar-refractivity contribution in [2.45, 2.75) is 43.4 Å². The summed E-state index contributed by atoms with van der Waals surface area (Å²) in [6, 6.07) is -0.947. The number of ether oxygens (including phenoxy) is 1. The molecule has 0 bridgehead atoms. The Bertz CT molecular complexity index is 786. The van der Waals surface area contributed by atoms with Crippen LogP contribution in [0, 0.1) is 0 Å². The van der Waals surface area contributed by atoms with Gasteiger partial charge in [-0.25, -0.2) is 15.0 Å². The van der Waals surface area contributed by atoms with Gasteiger partial charge in [0.2, 0.25) is 5.91 Å². The minimum absolute atomic E-state index is 0.249. The molecule has 2 aromatic heterocycles. The molecule has 1 aliphatic heterocycles. The number of nitrogens with one attached hydrogen (secondary N) is 4. The molecule has 154 valence electrons. The van der Waals surface area contributed by atoms with Gasteiger partial charge in [-0.3, -0.25) is 4.79 Å². The van der Waals surface area contributed by atoms with Gasteiger partial charge in [0.25, 0.3) is 0 Å². The van der Waals surface area contributed by atoms with Gasteiger partial charge in [0.15, 0.2) is 17.7 Å². The molecule has 12 heteroatoms. The Kier molecular flexibility index (Phi) is 6.70. The van der Waals surface area contributed by atoms with E-state index in [-0.39, 0.29) is 12.3 Å². The first-order chi connectivity index (χ1) is 13.5. The fourth-order valence-corrected chi connectivity index (χ4v) is 3.11. The quantitative estimate of drug-likeness (QED) is 0.240. The topological polar surface area (TPSA) is 178 Å². The molecular formula is C16H25N7O5. The third-order valence-corrected chi connectivity index (χ3v) is 4.59. The van der Waals surface area contributed by atoms with E-state index in [1.165, 1.54) is 12.7 Å². The molecule has 28 heavy (non-hydrogen) atoms. The molecule has 0 aromatic carbocycles. The van der Waals surface area contributed by atoms with Crippen molar-refractivity contribution in [1.29, 1.82) is 0 Å². The van der Waals surface area contributed by atoms with E-state index in [2.05, 4.69) is 35.9 Å². The summed E-state index contributed by atoms with van der Waals surface area (Å²) >= 11 is 0. The van der Waals surface area contributed by atoms with Crippen molar-refractivity contribution in [2.24, 2.45) is 0 Å². The molecule has 0 saturated carbocycles. The van der Waals surface area contributed by atoms with Crippen LogP contribution in [0.1, 0.15) is 12.8 Å². The Hall–Kier alpha value is -2.38. The van der Waals surface area contributed by atoms with E-state index in [1.807, 2.05) is 0 Å². The Balaban J connectivity index is 1.68. The fourth-order valence-electron chi connectivity index (χ4n) is 3.11. The zero-order valence-electron chi connectivity index (χ0n) is 15.4. The second-order valence-electron chi connectivity index (χ2n) is 6.53. The molecule has 0 unspecified atom stereocenters. The third kappa shape index (κ3) is 4.36. The number of carbonyl (C=O) groups is 1. The maximum absolute atomic E-state index is 12.1. The number of carbonyl (C=O) groups excluding carboxylic acids is 1. The van der Waals surface area contributed by atoms with Crippen molar-refractivity contribution in [2.75, 3.05) is 25.5 Å². The molecule has 0 aliphatic carbocycles. The van der Waals surface area contributed by atoms with E-state index in [9.17, 15) is 20.1 Å². The summed E-state index contributed by atoms with van der Waals surface area (Å²) in [4.78, 5) is 27.1. The van der Waals surface area contributed by atoms with Gasteiger partial charge in [0.05, 0.1) is 19.0 Å². The first-order valence-corrected chi connectivity index (χ1v) is 9.02. The van der Waals surface area contributed by atoms with Gasteiger partial charge in [-0.05, 0) is 20.0 Å². The number of hydrogen-bond donors (Lipinski definition) is 7. The summed E-state index contributed by atoms with van der Waals surface area (Å²) < 4.78 is 5.69. The Morgan fingerprint density at radius 2 is 2.11 bits per heavy atom. The van der Waals surface area contributed by atoms with Crippen LogP contribution in [0.2, 0.25) is 0 Å². The van der Waals surface area contributed by atoms with Crippen LogP contribution in [0.4, 0.5) is 5.82 Å². The number of fused-ring (bicyclic) bond motifs is 1. The first-order valence-electron chi connectivity index (χ1n) is 9.02. The molecule has 1 fully saturated rings. The zero-order chi connectivity index (χ0) is 20.1. The van der Waals surface area contributed by atoms with Crippen LogP contribution in [0.3, 0.4) is 0 Å². The summed E-state index contributed by atoms with van der Waals surface area (Å²) in [5, 5.41) is 39.1. The van der Waals surface area contributed by atoms with Gasteiger partial charge >= 0.3 is 0 Å². The average molecular weight is 395 g/mol. The molecule has 3 rings (SSSR count). The summed E-state index contributed by atoms with van der Waals surface area (Å²) in [5.74, 6) is 0.0277. The lowest BCUT2D eigenvalue weighted by molar-refractivity contribution is -0.185. The third-order valence-electron chi connectivity index (χ3n) is 4.59. The maximum Gasteiger partial charge on any atom is 0.220 e. The van der Waals surface area contributed by atoms with Gasteiger partial charge in [-0.15, -0.1) is 0 Å². The van der Waals surface area contributed by atoms with E-state index in [0.29, 0.717) is 29.9 Å². The number of aliphatic hydroxyl groups is 3. The molecule has 7 N–H and O–H groups in total. The summed E-state index contributed by atoms with van der Waals surface area (Å²) in [7, 11) is 1.79. The monoisotopic (exact) mass is 395 g/mol. The maximum atomic E-state index is 12.1. The van der Waals surface area contributed by atoms with Crippen LogP contribution in [0.25, 0.3) is 11.2 Å². The van der Waals surface area contributed by atoms with Crippen LogP contribution < -0.4 is 16.0 Å². The van der Waals surface area contributed by atoms with Crippen LogP contribution in [-0.2, 0) is 9.53 Å². The predicted octanol–water partition coefficient (Wildman–Crippen LogP) is -2.31. The van der Waals surface area contributed by atoms with Crippen molar-refractivity contribution >= 4 is 22.9 Å².